The molecule has 9 heteroatoms. The van der Waals surface area contributed by atoms with Gasteiger partial charge in [0.15, 0.2) is 5.82 Å². The van der Waals surface area contributed by atoms with Crippen LogP contribution in [0.25, 0.3) is 21.5 Å². The topological polar surface area (TPSA) is 71.5 Å². The van der Waals surface area contributed by atoms with Crippen molar-refractivity contribution in [3.8, 4) is 17.0 Å². The number of piperazine rings is 1. The van der Waals surface area contributed by atoms with Gasteiger partial charge in [0.05, 0.1) is 17.7 Å². The molecule has 0 atom stereocenters. The van der Waals surface area contributed by atoms with Gasteiger partial charge >= 0.3 is 0 Å². The Labute approximate surface area is 194 Å². The Kier molecular flexibility index (Phi) is 5.63. The lowest BCUT2D eigenvalue weighted by Gasteiger charge is -2.35. The van der Waals surface area contributed by atoms with Gasteiger partial charge in [-0.05, 0) is 47.9 Å². The molecule has 1 saturated heterocycles. The molecule has 162 valence electrons. The maximum Gasteiger partial charge on any atom is 0.255 e. The van der Waals surface area contributed by atoms with Gasteiger partial charge in [-0.3, -0.25) is 4.79 Å². The van der Waals surface area contributed by atoms with E-state index in [0.717, 1.165) is 33.0 Å². The van der Waals surface area contributed by atoms with Crippen LogP contribution in [-0.4, -0.2) is 58.4 Å². The number of benzene rings is 2. The minimum absolute atomic E-state index is 0.0392. The number of anilines is 1. The largest absolute Gasteiger partial charge is 0.497 e. The van der Waals surface area contributed by atoms with Gasteiger partial charge < -0.3 is 14.5 Å². The summed E-state index contributed by atoms with van der Waals surface area (Å²) in [6, 6.07) is 15.0. The second-order valence-corrected chi connectivity index (χ2v) is 8.57. The second-order valence-electron chi connectivity index (χ2n) is 7.39. The zero-order valence-electron chi connectivity index (χ0n) is 17.4. The standard InChI is InChI=1S/C23H20ClN5O2S/c1-31-16-8-6-15(7-9-16)19-20-21(32-27-19)22(26-14-25-20)28-10-12-29(13-11-28)23(30)17-4-2-3-5-18(17)24/h2-9,14H,10-13H2,1H3. The van der Waals surface area contributed by atoms with Crippen LogP contribution in [0.1, 0.15) is 10.4 Å². The van der Waals surface area contributed by atoms with Crippen molar-refractivity contribution in [1.82, 2.24) is 19.2 Å². The van der Waals surface area contributed by atoms with Gasteiger partial charge in [-0.25, -0.2) is 9.97 Å². The third-order valence-corrected chi connectivity index (χ3v) is 6.73. The van der Waals surface area contributed by atoms with Crippen LogP contribution in [0.4, 0.5) is 5.82 Å². The van der Waals surface area contributed by atoms with Crippen molar-refractivity contribution in [3.63, 3.8) is 0 Å². The van der Waals surface area contributed by atoms with Gasteiger partial charge in [-0.2, -0.15) is 4.37 Å². The lowest BCUT2D eigenvalue weighted by Crippen LogP contribution is -2.49. The van der Waals surface area contributed by atoms with Gasteiger partial charge in [0.2, 0.25) is 0 Å². The van der Waals surface area contributed by atoms with Crippen molar-refractivity contribution in [2.24, 2.45) is 0 Å². The Morgan fingerprint density at radius 3 is 2.50 bits per heavy atom. The molecule has 0 unspecified atom stereocenters. The molecule has 0 spiro atoms. The molecule has 7 nitrogen and oxygen atoms in total. The molecule has 32 heavy (non-hydrogen) atoms. The van der Waals surface area contributed by atoms with Crippen LogP contribution in [0.5, 0.6) is 5.75 Å². The van der Waals surface area contributed by atoms with Crippen LogP contribution < -0.4 is 9.64 Å². The van der Waals surface area contributed by atoms with Gasteiger partial charge in [0, 0.05) is 31.7 Å². The number of carbonyl (C=O) groups is 1. The number of amides is 1. The van der Waals surface area contributed by atoms with E-state index in [0.29, 0.717) is 36.8 Å². The molecule has 0 bridgehead atoms. The number of rotatable bonds is 4. The molecule has 5 rings (SSSR count). The Bertz CT molecular complexity index is 1270. The number of ether oxygens (including phenoxy) is 1. The fourth-order valence-electron chi connectivity index (χ4n) is 3.84. The minimum atomic E-state index is -0.0392. The van der Waals surface area contributed by atoms with E-state index < -0.39 is 0 Å². The lowest BCUT2D eigenvalue weighted by molar-refractivity contribution is 0.0747. The first kappa shape index (κ1) is 20.7. The highest BCUT2D eigenvalue weighted by atomic mass is 35.5. The van der Waals surface area contributed by atoms with E-state index in [1.54, 1.807) is 25.6 Å². The summed E-state index contributed by atoms with van der Waals surface area (Å²) < 4.78 is 10.9. The van der Waals surface area contributed by atoms with Crippen LogP contribution in [-0.2, 0) is 0 Å². The molecule has 0 radical (unpaired) electrons. The molecule has 1 fully saturated rings. The molecule has 4 aromatic rings. The van der Waals surface area contributed by atoms with Crippen molar-refractivity contribution < 1.29 is 9.53 Å². The molecule has 2 aromatic heterocycles. The maximum absolute atomic E-state index is 12.9. The summed E-state index contributed by atoms with van der Waals surface area (Å²) in [4.78, 5) is 25.9. The van der Waals surface area contributed by atoms with E-state index in [4.69, 9.17) is 16.3 Å². The van der Waals surface area contributed by atoms with Crippen LogP contribution in [0.3, 0.4) is 0 Å². The predicted molar refractivity (Wildman–Crippen MR) is 127 cm³/mol. The molecule has 0 N–H and O–H groups in total. The fourth-order valence-corrected chi connectivity index (χ4v) is 4.93. The van der Waals surface area contributed by atoms with Crippen LogP contribution in [0.2, 0.25) is 5.02 Å². The molecular formula is C23H20ClN5O2S. The van der Waals surface area contributed by atoms with Crippen molar-refractivity contribution in [2.75, 3.05) is 38.2 Å². The number of nitrogens with zero attached hydrogens (tertiary/aromatic N) is 5. The van der Waals surface area contributed by atoms with Crippen LogP contribution in [0.15, 0.2) is 54.9 Å². The minimum Gasteiger partial charge on any atom is -0.497 e. The summed E-state index contributed by atoms with van der Waals surface area (Å²) >= 11 is 7.61. The van der Waals surface area contributed by atoms with Crippen molar-refractivity contribution >= 4 is 45.1 Å². The Hall–Kier alpha value is -3.23. The first-order valence-corrected chi connectivity index (χ1v) is 11.3. The molecule has 1 amide bonds. The first-order valence-electron chi connectivity index (χ1n) is 10.2. The molecule has 2 aromatic carbocycles. The monoisotopic (exact) mass is 465 g/mol. The van der Waals surface area contributed by atoms with Crippen molar-refractivity contribution in [2.45, 2.75) is 0 Å². The van der Waals surface area contributed by atoms with E-state index in [9.17, 15) is 4.79 Å². The van der Waals surface area contributed by atoms with Gasteiger partial charge in [0.1, 0.15) is 28.0 Å². The van der Waals surface area contributed by atoms with Gasteiger partial charge in [0.25, 0.3) is 5.91 Å². The van der Waals surface area contributed by atoms with E-state index >= 15 is 0 Å². The average Bonchev–Trinajstić information content (AvgIpc) is 3.28. The number of halogens is 1. The highest BCUT2D eigenvalue weighted by Crippen LogP contribution is 2.35. The Balaban J connectivity index is 1.36. The predicted octanol–water partition coefficient (Wildman–Crippen LogP) is 4.38. The summed E-state index contributed by atoms with van der Waals surface area (Å²) in [5, 5.41) is 0.480. The first-order chi connectivity index (χ1) is 15.7. The molecular weight excluding hydrogens is 446 g/mol. The summed E-state index contributed by atoms with van der Waals surface area (Å²) in [5.41, 5.74) is 3.19. The number of hydrogen-bond acceptors (Lipinski definition) is 7. The molecule has 1 aliphatic heterocycles. The summed E-state index contributed by atoms with van der Waals surface area (Å²) in [7, 11) is 1.65. The smallest absolute Gasteiger partial charge is 0.255 e. The zero-order chi connectivity index (χ0) is 22.1. The van der Waals surface area contributed by atoms with E-state index in [-0.39, 0.29) is 5.91 Å². The average molecular weight is 466 g/mol. The summed E-state index contributed by atoms with van der Waals surface area (Å²) in [6.07, 6.45) is 1.58. The highest BCUT2D eigenvalue weighted by Gasteiger charge is 2.26. The fraction of sp³-hybridized carbons (Fsp3) is 0.217. The van der Waals surface area contributed by atoms with E-state index in [2.05, 4.69) is 19.2 Å². The van der Waals surface area contributed by atoms with Gasteiger partial charge in [-0.15, -0.1) is 0 Å². The molecule has 0 saturated carbocycles. The quantitative estimate of drug-likeness (QED) is 0.445. The maximum atomic E-state index is 12.9. The van der Waals surface area contributed by atoms with Crippen molar-refractivity contribution in [1.29, 1.82) is 0 Å². The van der Waals surface area contributed by atoms with Crippen LogP contribution in [0, 0.1) is 0 Å². The van der Waals surface area contributed by atoms with Crippen LogP contribution >= 0.6 is 23.1 Å². The third kappa shape index (κ3) is 3.76. The molecule has 1 aliphatic rings. The third-order valence-electron chi connectivity index (χ3n) is 5.57. The number of aromatic nitrogens is 3. The SMILES string of the molecule is COc1ccc(-c2nsc3c(N4CCN(C(=O)c5ccccc5Cl)CC4)ncnc23)cc1. The van der Waals surface area contributed by atoms with E-state index in [1.165, 1.54) is 11.5 Å². The Morgan fingerprint density at radius 1 is 1.03 bits per heavy atom. The number of carbonyl (C=O) groups excluding carboxylic acids is 1. The van der Waals surface area contributed by atoms with Crippen molar-refractivity contribution in [3.05, 3.63) is 65.4 Å². The van der Waals surface area contributed by atoms with Gasteiger partial charge in [-0.1, -0.05) is 23.7 Å². The second kappa shape index (κ2) is 8.72. The normalized spacial score (nSPS) is 14.1. The number of fused-ring (bicyclic) bond motifs is 1. The zero-order valence-corrected chi connectivity index (χ0v) is 18.9. The van der Waals surface area contributed by atoms with E-state index in [1.807, 2.05) is 41.3 Å². The number of hydrogen-bond donors (Lipinski definition) is 0. The summed E-state index contributed by atoms with van der Waals surface area (Å²) in [5.74, 6) is 1.62. The number of methoxy groups -OCH3 is 1. The summed E-state index contributed by atoms with van der Waals surface area (Å²) in [6.45, 7) is 2.55. The Morgan fingerprint density at radius 2 is 1.78 bits per heavy atom. The lowest BCUT2D eigenvalue weighted by atomic mass is 10.1. The molecule has 3 heterocycles. The molecule has 0 aliphatic carbocycles. The highest BCUT2D eigenvalue weighted by molar-refractivity contribution is 7.14.